The fourth-order valence-corrected chi connectivity index (χ4v) is 2.60. The van der Waals surface area contributed by atoms with Crippen molar-refractivity contribution in [3.05, 3.63) is 0 Å². The number of nitrogens with one attached hydrogen (secondary N) is 1. The molecule has 19 heavy (non-hydrogen) atoms. The minimum Gasteiger partial charge on any atom is -0.364 e. The molecule has 2 aliphatic rings. The van der Waals surface area contributed by atoms with E-state index in [1.165, 1.54) is 6.42 Å². The maximum atomic E-state index is 11.9. The number of nitrogens with zero attached hydrogens (tertiary/aromatic N) is 1. The van der Waals surface area contributed by atoms with Crippen LogP contribution in [0.15, 0.2) is 0 Å². The lowest BCUT2D eigenvalue weighted by molar-refractivity contribution is -0.137. The molecule has 2 fully saturated rings. The average Bonchev–Trinajstić information content (AvgIpc) is 2.94. The molecule has 2 unspecified atom stereocenters. The molecular formula is C13H23N3O3. The third-order valence-electron chi connectivity index (χ3n) is 3.79. The Morgan fingerprint density at radius 3 is 2.58 bits per heavy atom. The molecule has 2 amide bonds. The van der Waals surface area contributed by atoms with Gasteiger partial charge in [0.1, 0.15) is 6.10 Å². The molecule has 0 bridgehead atoms. The summed E-state index contributed by atoms with van der Waals surface area (Å²) in [6.07, 6.45) is 4.34. The zero-order valence-electron chi connectivity index (χ0n) is 11.3. The van der Waals surface area contributed by atoms with E-state index in [-0.39, 0.29) is 24.5 Å². The number of likely N-dealkylation sites (tertiary alicyclic amines) is 1. The molecule has 2 atom stereocenters. The Bertz CT molecular complexity index is 329. The first kappa shape index (κ1) is 14.3. The Kier molecular flexibility index (Phi) is 5.15. The van der Waals surface area contributed by atoms with Crippen LogP contribution >= 0.6 is 0 Å². The van der Waals surface area contributed by atoms with Gasteiger partial charge in [0.2, 0.25) is 11.8 Å². The molecule has 6 nitrogen and oxygen atoms in total. The molecule has 0 aliphatic carbocycles. The van der Waals surface area contributed by atoms with E-state index >= 15 is 0 Å². The van der Waals surface area contributed by atoms with Crippen LogP contribution in [0.3, 0.4) is 0 Å². The van der Waals surface area contributed by atoms with E-state index in [9.17, 15) is 9.59 Å². The van der Waals surface area contributed by atoms with Gasteiger partial charge in [-0.25, -0.2) is 0 Å². The van der Waals surface area contributed by atoms with Crippen LogP contribution in [-0.4, -0.2) is 55.1 Å². The molecule has 108 valence electrons. The van der Waals surface area contributed by atoms with Crippen LogP contribution in [0.25, 0.3) is 0 Å². The summed E-state index contributed by atoms with van der Waals surface area (Å²) < 4.78 is 5.49. The lowest BCUT2D eigenvalue weighted by atomic mass is 10.1. The number of carbonyl (C=O) groups is 2. The van der Waals surface area contributed by atoms with Crippen molar-refractivity contribution in [2.75, 3.05) is 26.2 Å². The molecule has 3 N–H and O–H groups in total. The van der Waals surface area contributed by atoms with E-state index in [0.29, 0.717) is 13.0 Å². The smallest absolute Gasteiger partial charge is 0.249 e. The third-order valence-corrected chi connectivity index (χ3v) is 3.79. The van der Waals surface area contributed by atoms with Crippen LogP contribution in [0.1, 0.15) is 32.1 Å². The topological polar surface area (TPSA) is 84.7 Å². The highest BCUT2D eigenvalue weighted by Gasteiger charge is 2.30. The van der Waals surface area contributed by atoms with Gasteiger partial charge < -0.3 is 20.7 Å². The first-order chi connectivity index (χ1) is 9.20. The number of amides is 2. The van der Waals surface area contributed by atoms with Gasteiger partial charge in [0.05, 0.1) is 12.6 Å². The van der Waals surface area contributed by atoms with Gasteiger partial charge in [-0.3, -0.25) is 9.59 Å². The van der Waals surface area contributed by atoms with Crippen LogP contribution < -0.4 is 11.1 Å². The number of hydrogen-bond acceptors (Lipinski definition) is 4. The number of hydrogen-bond donors (Lipinski definition) is 2. The average molecular weight is 269 g/mol. The maximum Gasteiger partial charge on any atom is 0.249 e. The van der Waals surface area contributed by atoms with Crippen LogP contribution in [0.5, 0.6) is 0 Å². The first-order valence-electron chi connectivity index (χ1n) is 7.11. The number of ether oxygens (including phenoxy) is 1. The van der Waals surface area contributed by atoms with Crippen molar-refractivity contribution in [2.24, 2.45) is 5.73 Å². The minimum absolute atomic E-state index is 0.00132. The standard InChI is InChI=1S/C13H23N3O3/c14-8-10-4-5-11(19-10)13(18)15-9-12(17)16-6-2-1-3-7-16/h10-11H,1-9,14H2,(H,15,18). The molecule has 2 heterocycles. The summed E-state index contributed by atoms with van der Waals surface area (Å²) in [5.74, 6) is -0.192. The molecule has 0 radical (unpaired) electrons. The van der Waals surface area contributed by atoms with Crippen LogP contribution in [0, 0.1) is 0 Å². The van der Waals surface area contributed by atoms with Gasteiger partial charge in [-0.1, -0.05) is 0 Å². The lowest BCUT2D eigenvalue weighted by Gasteiger charge is -2.26. The third kappa shape index (κ3) is 3.91. The van der Waals surface area contributed by atoms with E-state index in [1.54, 1.807) is 0 Å². The van der Waals surface area contributed by atoms with Gasteiger partial charge in [0, 0.05) is 19.6 Å². The molecule has 2 aliphatic heterocycles. The van der Waals surface area contributed by atoms with E-state index < -0.39 is 6.10 Å². The summed E-state index contributed by atoms with van der Waals surface area (Å²) in [6.45, 7) is 2.14. The summed E-state index contributed by atoms with van der Waals surface area (Å²) in [6, 6.07) is 0. The summed E-state index contributed by atoms with van der Waals surface area (Å²) in [4.78, 5) is 25.6. The second-order valence-electron chi connectivity index (χ2n) is 5.22. The second-order valence-corrected chi connectivity index (χ2v) is 5.22. The molecule has 0 aromatic rings. The fourth-order valence-electron chi connectivity index (χ4n) is 2.60. The first-order valence-corrected chi connectivity index (χ1v) is 7.11. The number of rotatable bonds is 4. The predicted octanol–water partition coefficient (Wildman–Crippen LogP) is -0.379. The number of carbonyl (C=O) groups excluding carboxylic acids is 2. The molecular weight excluding hydrogens is 246 g/mol. The normalized spacial score (nSPS) is 27.3. The van der Waals surface area contributed by atoms with Gasteiger partial charge >= 0.3 is 0 Å². The highest BCUT2D eigenvalue weighted by atomic mass is 16.5. The second kappa shape index (κ2) is 6.86. The quantitative estimate of drug-likeness (QED) is 0.728. The molecule has 0 spiro atoms. The van der Waals surface area contributed by atoms with Crippen LogP contribution in [-0.2, 0) is 14.3 Å². The largest absolute Gasteiger partial charge is 0.364 e. The van der Waals surface area contributed by atoms with Crippen molar-refractivity contribution >= 4 is 11.8 Å². The summed E-state index contributed by atoms with van der Waals surface area (Å²) in [5, 5.41) is 2.67. The van der Waals surface area contributed by atoms with Crippen molar-refractivity contribution in [3.8, 4) is 0 Å². The summed E-state index contributed by atoms with van der Waals surface area (Å²) >= 11 is 0. The highest BCUT2D eigenvalue weighted by molar-refractivity contribution is 5.87. The molecule has 2 rings (SSSR count). The van der Waals surface area contributed by atoms with E-state index in [4.69, 9.17) is 10.5 Å². The Morgan fingerprint density at radius 2 is 1.95 bits per heavy atom. The van der Waals surface area contributed by atoms with Crippen molar-refractivity contribution in [1.29, 1.82) is 0 Å². The molecule has 6 heteroatoms. The number of piperidine rings is 1. The predicted molar refractivity (Wildman–Crippen MR) is 70.4 cm³/mol. The summed E-state index contributed by atoms with van der Waals surface area (Å²) in [5.41, 5.74) is 5.50. The zero-order chi connectivity index (χ0) is 13.7. The van der Waals surface area contributed by atoms with Gasteiger partial charge in [-0.05, 0) is 32.1 Å². The van der Waals surface area contributed by atoms with Crippen molar-refractivity contribution in [3.63, 3.8) is 0 Å². The van der Waals surface area contributed by atoms with E-state index in [2.05, 4.69) is 5.32 Å². The van der Waals surface area contributed by atoms with Gasteiger partial charge in [0.25, 0.3) is 0 Å². The van der Waals surface area contributed by atoms with Crippen molar-refractivity contribution < 1.29 is 14.3 Å². The van der Waals surface area contributed by atoms with Gasteiger partial charge in [0.15, 0.2) is 0 Å². The molecule has 2 saturated heterocycles. The Hall–Kier alpha value is -1.14. The highest BCUT2D eigenvalue weighted by Crippen LogP contribution is 2.18. The monoisotopic (exact) mass is 269 g/mol. The Balaban J connectivity index is 1.69. The molecule has 0 saturated carbocycles. The zero-order valence-corrected chi connectivity index (χ0v) is 11.3. The minimum atomic E-state index is -0.442. The van der Waals surface area contributed by atoms with Crippen molar-refractivity contribution in [1.82, 2.24) is 10.2 Å². The van der Waals surface area contributed by atoms with Crippen LogP contribution in [0.2, 0.25) is 0 Å². The van der Waals surface area contributed by atoms with Crippen LogP contribution in [0.4, 0.5) is 0 Å². The van der Waals surface area contributed by atoms with Gasteiger partial charge in [-0.15, -0.1) is 0 Å². The summed E-state index contributed by atoms with van der Waals surface area (Å²) in [7, 11) is 0. The maximum absolute atomic E-state index is 11.9. The Labute approximate surface area is 113 Å². The Morgan fingerprint density at radius 1 is 1.21 bits per heavy atom. The lowest BCUT2D eigenvalue weighted by Crippen LogP contribution is -2.45. The SMILES string of the molecule is NCC1CCC(C(=O)NCC(=O)N2CCCCC2)O1. The number of nitrogens with two attached hydrogens (primary N) is 1. The van der Waals surface area contributed by atoms with E-state index in [0.717, 1.165) is 32.4 Å². The van der Waals surface area contributed by atoms with Crippen molar-refractivity contribution in [2.45, 2.75) is 44.3 Å². The molecule has 0 aromatic heterocycles. The fraction of sp³-hybridized carbons (Fsp3) is 0.846. The van der Waals surface area contributed by atoms with Gasteiger partial charge in [-0.2, -0.15) is 0 Å². The molecule has 0 aromatic carbocycles. The van der Waals surface area contributed by atoms with E-state index in [1.807, 2.05) is 4.90 Å².